The van der Waals surface area contributed by atoms with Crippen LogP contribution in [0, 0.1) is 0 Å². The van der Waals surface area contributed by atoms with Gasteiger partial charge in [-0.25, -0.2) is 0 Å². The number of hydrogen-bond donors (Lipinski definition) is 2. The topological polar surface area (TPSA) is 50.4 Å². The van der Waals surface area contributed by atoms with Crippen molar-refractivity contribution in [3.05, 3.63) is 35.9 Å². The highest BCUT2D eigenvalue weighted by atomic mass is 15.1. The number of nitrogens with zero attached hydrogens (tertiary/aromatic N) is 1. The molecule has 1 rings (SSSR count). The third kappa shape index (κ3) is 3.09. The Hall–Kier alpha value is -1.51. The number of aliphatic imine (C=N–C) groups is 1. The molecule has 1 atom stereocenters. The van der Waals surface area contributed by atoms with Gasteiger partial charge >= 0.3 is 0 Å². The van der Waals surface area contributed by atoms with Gasteiger partial charge in [-0.2, -0.15) is 0 Å². The molecule has 1 aromatic rings. The van der Waals surface area contributed by atoms with Crippen molar-refractivity contribution in [1.82, 2.24) is 5.32 Å². The smallest absolute Gasteiger partial charge is 0.189 e. The van der Waals surface area contributed by atoms with Crippen molar-refractivity contribution in [2.75, 3.05) is 6.54 Å². The summed E-state index contributed by atoms with van der Waals surface area (Å²) in [5.41, 5.74) is 6.87. The van der Waals surface area contributed by atoms with Gasteiger partial charge in [-0.1, -0.05) is 30.3 Å². The highest BCUT2D eigenvalue weighted by Crippen LogP contribution is 2.10. The second kappa shape index (κ2) is 5.27. The van der Waals surface area contributed by atoms with E-state index in [1.165, 1.54) is 5.56 Å². The minimum absolute atomic E-state index is 0.200. The Morgan fingerprint density at radius 1 is 1.43 bits per heavy atom. The first-order valence-corrected chi connectivity index (χ1v) is 4.85. The van der Waals surface area contributed by atoms with Crippen LogP contribution in [0.4, 0.5) is 0 Å². The summed E-state index contributed by atoms with van der Waals surface area (Å²) in [7, 11) is 0. The van der Waals surface area contributed by atoms with Crippen LogP contribution < -0.4 is 11.1 Å². The van der Waals surface area contributed by atoms with Gasteiger partial charge in [0.15, 0.2) is 5.96 Å². The van der Waals surface area contributed by atoms with Crippen LogP contribution in [0.5, 0.6) is 0 Å². The molecule has 1 aromatic carbocycles. The van der Waals surface area contributed by atoms with Crippen molar-refractivity contribution in [1.29, 1.82) is 0 Å². The zero-order chi connectivity index (χ0) is 10.4. The molecule has 76 valence electrons. The molecule has 0 heterocycles. The van der Waals surface area contributed by atoms with Gasteiger partial charge in [0.05, 0.1) is 6.04 Å². The zero-order valence-corrected chi connectivity index (χ0v) is 8.70. The van der Waals surface area contributed by atoms with E-state index in [2.05, 4.69) is 29.4 Å². The summed E-state index contributed by atoms with van der Waals surface area (Å²) in [6.45, 7) is 4.73. The van der Waals surface area contributed by atoms with E-state index in [0.29, 0.717) is 12.5 Å². The van der Waals surface area contributed by atoms with Gasteiger partial charge in [-0.05, 0) is 19.4 Å². The molecule has 0 bridgehead atoms. The zero-order valence-electron chi connectivity index (χ0n) is 8.70. The van der Waals surface area contributed by atoms with E-state index in [1.54, 1.807) is 0 Å². The Kier molecular flexibility index (Phi) is 3.98. The van der Waals surface area contributed by atoms with Crippen LogP contribution >= 0.6 is 0 Å². The van der Waals surface area contributed by atoms with Gasteiger partial charge < -0.3 is 11.1 Å². The number of hydrogen-bond acceptors (Lipinski definition) is 1. The van der Waals surface area contributed by atoms with E-state index in [1.807, 2.05) is 25.1 Å². The molecule has 0 aliphatic carbocycles. The molecule has 0 radical (unpaired) electrons. The van der Waals surface area contributed by atoms with Crippen molar-refractivity contribution in [3.8, 4) is 0 Å². The Morgan fingerprint density at radius 3 is 2.64 bits per heavy atom. The Balaban J connectivity index is 2.59. The fourth-order valence-electron chi connectivity index (χ4n) is 1.26. The van der Waals surface area contributed by atoms with Gasteiger partial charge in [0.2, 0.25) is 0 Å². The van der Waals surface area contributed by atoms with Gasteiger partial charge in [0, 0.05) is 6.54 Å². The summed E-state index contributed by atoms with van der Waals surface area (Å²) in [4.78, 5) is 4.07. The molecule has 0 aliphatic rings. The minimum atomic E-state index is 0.200. The molecule has 3 N–H and O–H groups in total. The first kappa shape index (κ1) is 10.6. The molecular formula is C11H17N3. The highest BCUT2D eigenvalue weighted by molar-refractivity contribution is 5.78. The summed E-state index contributed by atoms with van der Waals surface area (Å²) in [5.74, 6) is 0.504. The van der Waals surface area contributed by atoms with Crippen LogP contribution in [0.25, 0.3) is 0 Å². The number of nitrogens with one attached hydrogen (secondary N) is 1. The summed E-state index contributed by atoms with van der Waals surface area (Å²) in [6, 6.07) is 10.4. The van der Waals surface area contributed by atoms with Crippen molar-refractivity contribution in [2.45, 2.75) is 19.9 Å². The van der Waals surface area contributed by atoms with Gasteiger partial charge in [0.1, 0.15) is 0 Å². The maximum absolute atomic E-state index is 5.66. The Morgan fingerprint density at radius 2 is 2.07 bits per heavy atom. The van der Waals surface area contributed by atoms with E-state index in [4.69, 9.17) is 5.73 Å². The van der Waals surface area contributed by atoms with Gasteiger partial charge in [-0.15, -0.1) is 0 Å². The van der Waals surface area contributed by atoms with Gasteiger partial charge in [0.25, 0.3) is 0 Å². The minimum Gasteiger partial charge on any atom is -0.370 e. The number of guanidine groups is 1. The van der Waals surface area contributed by atoms with Crippen LogP contribution in [0.3, 0.4) is 0 Å². The summed E-state index contributed by atoms with van der Waals surface area (Å²) < 4.78 is 0. The second-order valence-corrected chi connectivity index (χ2v) is 3.14. The molecule has 0 saturated carbocycles. The monoisotopic (exact) mass is 191 g/mol. The molecule has 0 spiro atoms. The molecule has 0 amide bonds. The normalized spacial score (nSPS) is 13.7. The van der Waals surface area contributed by atoms with E-state index < -0.39 is 0 Å². The number of rotatable bonds is 3. The third-order valence-corrected chi connectivity index (χ3v) is 1.99. The lowest BCUT2D eigenvalue weighted by Gasteiger charge is -2.14. The maximum atomic E-state index is 5.66. The Bertz CT molecular complexity index is 293. The number of nitrogens with two attached hydrogens (primary N) is 1. The van der Waals surface area contributed by atoms with E-state index >= 15 is 0 Å². The average Bonchev–Trinajstić information content (AvgIpc) is 2.19. The predicted octanol–water partition coefficient (Wildman–Crippen LogP) is 1.67. The van der Waals surface area contributed by atoms with Crippen LogP contribution in [0.2, 0.25) is 0 Å². The molecule has 0 saturated heterocycles. The first-order chi connectivity index (χ1) is 6.74. The predicted molar refractivity (Wildman–Crippen MR) is 60.2 cm³/mol. The largest absolute Gasteiger partial charge is 0.370 e. The van der Waals surface area contributed by atoms with Crippen molar-refractivity contribution >= 4 is 5.96 Å². The van der Waals surface area contributed by atoms with Crippen LogP contribution in [-0.4, -0.2) is 12.5 Å². The fourth-order valence-corrected chi connectivity index (χ4v) is 1.26. The highest BCUT2D eigenvalue weighted by Gasteiger charge is 2.03. The van der Waals surface area contributed by atoms with Crippen molar-refractivity contribution in [2.24, 2.45) is 10.7 Å². The molecule has 0 fully saturated rings. The second-order valence-electron chi connectivity index (χ2n) is 3.14. The lowest BCUT2D eigenvalue weighted by molar-refractivity contribution is 0.709. The Labute approximate surface area is 85.0 Å². The van der Waals surface area contributed by atoms with E-state index in [9.17, 15) is 0 Å². The maximum Gasteiger partial charge on any atom is 0.189 e. The van der Waals surface area contributed by atoms with Crippen LogP contribution in [0.15, 0.2) is 35.3 Å². The van der Waals surface area contributed by atoms with Crippen molar-refractivity contribution in [3.63, 3.8) is 0 Å². The molecular weight excluding hydrogens is 174 g/mol. The quantitative estimate of drug-likeness (QED) is 0.564. The van der Waals surface area contributed by atoms with E-state index in [-0.39, 0.29) is 6.04 Å². The fraction of sp³-hybridized carbons (Fsp3) is 0.364. The summed E-state index contributed by atoms with van der Waals surface area (Å²) >= 11 is 0. The van der Waals surface area contributed by atoms with Crippen molar-refractivity contribution < 1.29 is 0 Å². The molecule has 3 nitrogen and oxygen atoms in total. The standard InChI is InChI=1S/C11H17N3/c1-3-13-11(12)14-9(2)10-7-5-4-6-8-10/h4-9H,3H2,1-2H3,(H3,12,13,14). The molecule has 3 heteroatoms. The molecule has 14 heavy (non-hydrogen) atoms. The summed E-state index contributed by atoms with van der Waals surface area (Å²) in [5, 5.41) is 3.12. The number of benzene rings is 1. The molecule has 0 aromatic heterocycles. The lowest BCUT2D eigenvalue weighted by atomic mass is 10.1. The third-order valence-electron chi connectivity index (χ3n) is 1.99. The van der Waals surface area contributed by atoms with E-state index in [0.717, 1.165) is 0 Å². The summed E-state index contributed by atoms with van der Waals surface area (Å²) in [6.07, 6.45) is 0. The molecule has 1 unspecified atom stereocenters. The lowest BCUT2D eigenvalue weighted by Crippen LogP contribution is -2.33. The van der Waals surface area contributed by atoms with Gasteiger partial charge in [-0.3, -0.25) is 4.99 Å². The molecule has 0 aliphatic heterocycles. The first-order valence-electron chi connectivity index (χ1n) is 4.85. The van der Waals surface area contributed by atoms with Crippen LogP contribution in [0.1, 0.15) is 25.5 Å². The SMILES string of the molecule is CCN=C(N)NC(C)c1ccccc1. The average molecular weight is 191 g/mol. The van der Waals surface area contributed by atoms with Crippen LogP contribution in [-0.2, 0) is 0 Å².